The zero-order valence-corrected chi connectivity index (χ0v) is 22.6. The van der Waals surface area contributed by atoms with Crippen LogP contribution in [0.1, 0.15) is 24.0 Å². The monoisotopic (exact) mass is 541 g/mol. The normalized spacial score (nSPS) is 12.0. The minimum absolute atomic E-state index is 0.0711. The first kappa shape index (κ1) is 28.2. The highest BCUT2D eigenvalue weighted by Crippen LogP contribution is 2.23. The highest BCUT2D eigenvalue weighted by Gasteiger charge is 2.30. The van der Waals surface area contributed by atoms with Gasteiger partial charge in [-0.25, -0.2) is 8.42 Å². The molecule has 1 atom stereocenters. The van der Waals surface area contributed by atoms with E-state index in [-0.39, 0.29) is 37.7 Å². The molecule has 0 aromatic heterocycles. The van der Waals surface area contributed by atoms with Crippen LogP contribution in [0.25, 0.3) is 0 Å². The zero-order chi connectivity index (χ0) is 26.8. The second-order valence-electron chi connectivity index (χ2n) is 8.75. The number of rotatable bonds is 12. The summed E-state index contributed by atoms with van der Waals surface area (Å²) < 4.78 is 26.2. The molecule has 7 nitrogen and oxygen atoms in total. The molecule has 3 rings (SSSR count). The smallest absolute Gasteiger partial charge is 0.242 e. The van der Waals surface area contributed by atoms with Gasteiger partial charge >= 0.3 is 0 Å². The fraction of sp³-hybridized carbons (Fsp3) is 0.286. The number of hydrogen-bond donors (Lipinski definition) is 1. The van der Waals surface area contributed by atoms with Gasteiger partial charge in [0.15, 0.2) is 0 Å². The van der Waals surface area contributed by atoms with Crippen molar-refractivity contribution in [3.63, 3.8) is 0 Å². The van der Waals surface area contributed by atoms with E-state index < -0.39 is 16.1 Å². The molecular formula is C28H32ClN3O4S. The summed E-state index contributed by atoms with van der Waals surface area (Å²) in [5, 5.41) is 3.12. The lowest BCUT2D eigenvalue weighted by Gasteiger charge is -2.31. The fourth-order valence-corrected chi connectivity index (χ4v) is 5.28. The van der Waals surface area contributed by atoms with Crippen molar-refractivity contribution in [3.8, 4) is 0 Å². The SMILES string of the molecule is CNC(=O)[C@H](Cc1ccccc1)N(Cc1ccccc1)C(=O)CCCN(c1cccc(Cl)c1)S(C)(=O)=O. The Kier molecular flexibility index (Phi) is 10.1. The number of sulfonamides is 1. The van der Waals surface area contributed by atoms with Gasteiger partial charge in [0, 0.05) is 38.0 Å². The van der Waals surface area contributed by atoms with E-state index in [9.17, 15) is 18.0 Å². The molecule has 0 heterocycles. The summed E-state index contributed by atoms with van der Waals surface area (Å²) >= 11 is 6.07. The molecule has 1 N–H and O–H groups in total. The third-order valence-corrected chi connectivity index (χ3v) is 7.39. The molecule has 0 radical (unpaired) electrons. The summed E-state index contributed by atoms with van der Waals surface area (Å²) in [6, 6.07) is 24.9. The molecule has 0 spiro atoms. The number of likely N-dealkylation sites (N-methyl/N-ethyl adjacent to an activating group) is 1. The Morgan fingerprint density at radius 3 is 2.11 bits per heavy atom. The molecule has 0 bridgehead atoms. The van der Waals surface area contributed by atoms with Crippen LogP contribution in [0.5, 0.6) is 0 Å². The van der Waals surface area contributed by atoms with Gasteiger partial charge in [-0.3, -0.25) is 13.9 Å². The number of amides is 2. The number of nitrogens with zero attached hydrogens (tertiary/aromatic N) is 2. The summed E-state index contributed by atoms with van der Waals surface area (Å²) in [5.41, 5.74) is 2.27. The second-order valence-corrected chi connectivity index (χ2v) is 11.1. The Bertz CT molecular complexity index is 1290. The molecule has 2 amide bonds. The van der Waals surface area contributed by atoms with Crippen molar-refractivity contribution in [1.29, 1.82) is 0 Å². The molecule has 37 heavy (non-hydrogen) atoms. The Labute approximate surface area is 224 Å². The van der Waals surface area contributed by atoms with Crippen molar-refractivity contribution < 1.29 is 18.0 Å². The lowest BCUT2D eigenvalue weighted by molar-refractivity contribution is -0.141. The summed E-state index contributed by atoms with van der Waals surface area (Å²) in [4.78, 5) is 28.1. The first-order chi connectivity index (χ1) is 17.7. The van der Waals surface area contributed by atoms with Gasteiger partial charge in [-0.2, -0.15) is 0 Å². The van der Waals surface area contributed by atoms with Crippen molar-refractivity contribution >= 4 is 39.1 Å². The average molecular weight is 542 g/mol. The average Bonchev–Trinajstić information content (AvgIpc) is 2.88. The molecule has 196 valence electrons. The highest BCUT2D eigenvalue weighted by atomic mass is 35.5. The third kappa shape index (κ3) is 8.33. The van der Waals surface area contributed by atoms with Gasteiger partial charge in [0.05, 0.1) is 11.9 Å². The number of halogens is 1. The fourth-order valence-electron chi connectivity index (χ4n) is 4.14. The van der Waals surface area contributed by atoms with E-state index in [0.29, 0.717) is 17.1 Å². The molecule has 0 unspecified atom stereocenters. The van der Waals surface area contributed by atoms with Crippen molar-refractivity contribution in [2.75, 3.05) is 24.2 Å². The van der Waals surface area contributed by atoms with Gasteiger partial charge in [0.25, 0.3) is 0 Å². The maximum atomic E-state index is 13.6. The minimum Gasteiger partial charge on any atom is -0.357 e. The number of anilines is 1. The molecule has 0 aliphatic rings. The standard InChI is InChI=1S/C28H32ClN3O4S/c1-30-28(34)26(19-22-11-5-3-6-12-22)31(21-23-13-7-4-8-14-23)27(33)17-10-18-32(37(2,35)36)25-16-9-15-24(29)20-25/h3-9,11-16,20,26H,10,17-19,21H2,1-2H3,(H,30,34)/t26-/m0/s1. The Hall–Kier alpha value is -3.36. The summed E-state index contributed by atoms with van der Waals surface area (Å²) in [6.07, 6.45) is 1.83. The van der Waals surface area contributed by atoms with E-state index in [1.54, 1.807) is 36.2 Å². The van der Waals surface area contributed by atoms with E-state index in [2.05, 4.69) is 5.32 Å². The second kappa shape index (κ2) is 13.3. The molecule has 3 aromatic rings. The first-order valence-corrected chi connectivity index (χ1v) is 14.2. The maximum Gasteiger partial charge on any atom is 0.242 e. The van der Waals surface area contributed by atoms with Crippen LogP contribution in [-0.2, 0) is 32.6 Å². The van der Waals surface area contributed by atoms with Crippen LogP contribution in [0.2, 0.25) is 5.02 Å². The molecule has 0 fully saturated rings. The van der Waals surface area contributed by atoms with Gasteiger partial charge in [-0.15, -0.1) is 0 Å². The predicted molar refractivity (Wildman–Crippen MR) is 148 cm³/mol. The van der Waals surface area contributed by atoms with E-state index in [1.807, 2.05) is 60.7 Å². The van der Waals surface area contributed by atoms with Gasteiger partial charge in [0.1, 0.15) is 6.04 Å². The molecule has 0 saturated carbocycles. The molecule has 0 aliphatic heterocycles. The number of benzene rings is 3. The highest BCUT2D eigenvalue weighted by molar-refractivity contribution is 7.92. The summed E-state index contributed by atoms with van der Waals surface area (Å²) in [6.45, 7) is 0.363. The van der Waals surface area contributed by atoms with Crippen molar-refractivity contribution in [3.05, 3.63) is 101 Å². The van der Waals surface area contributed by atoms with Gasteiger partial charge in [-0.05, 0) is 35.7 Å². The third-order valence-electron chi connectivity index (χ3n) is 5.96. The van der Waals surface area contributed by atoms with Crippen LogP contribution in [0.3, 0.4) is 0 Å². The van der Waals surface area contributed by atoms with Crippen molar-refractivity contribution in [1.82, 2.24) is 10.2 Å². The quantitative estimate of drug-likeness (QED) is 0.371. The van der Waals surface area contributed by atoms with Gasteiger partial charge < -0.3 is 10.2 Å². The Balaban J connectivity index is 1.82. The number of hydrogen-bond acceptors (Lipinski definition) is 4. The molecule has 0 saturated heterocycles. The summed E-state index contributed by atoms with van der Waals surface area (Å²) in [5.74, 6) is -0.488. The first-order valence-electron chi connectivity index (χ1n) is 12.0. The van der Waals surface area contributed by atoms with E-state index >= 15 is 0 Å². The zero-order valence-electron chi connectivity index (χ0n) is 21.0. The largest absolute Gasteiger partial charge is 0.357 e. The van der Waals surface area contributed by atoms with Crippen molar-refractivity contribution in [2.24, 2.45) is 0 Å². The maximum absolute atomic E-state index is 13.6. The molecule has 3 aromatic carbocycles. The van der Waals surface area contributed by atoms with Gasteiger partial charge in [-0.1, -0.05) is 78.3 Å². The topological polar surface area (TPSA) is 86.8 Å². The van der Waals surface area contributed by atoms with E-state index in [4.69, 9.17) is 11.6 Å². The lowest BCUT2D eigenvalue weighted by Crippen LogP contribution is -2.49. The van der Waals surface area contributed by atoms with Crippen LogP contribution in [0.4, 0.5) is 5.69 Å². The lowest BCUT2D eigenvalue weighted by atomic mass is 10.0. The van der Waals surface area contributed by atoms with Gasteiger partial charge in [0.2, 0.25) is 21.8 Å². The predicted octanol–water partition coefficient (Wildman–Crippen LogP) is 4.27. The van der Waals surface area contributed by atoms with Crippen LogP contribution in [-0.4, -0.2) is 51.0 Å². The van der Waals surface area contributed by atoms with Crippen LogP contribution < -0.4 is 9.62 Å². The van der Waals surface area contributed by atoms with E-state index in [1.165, 1.54) is 4.31 Å². The Morgan fingerprint density at radius 2 is 1.54 bits per heavy atom. The summed E-state index contributed by atoms with van der Waals surface area (Å²) in [7, 11) is -2.03. The molecule has 9 heteroatoms. The van der Waals surface area contributed by atoms with E-state index in [0.717, 1.165) is 17.4 Å². The van der Waals surface area contributed by atoms with Crippen LogP contribution >= 0.6 is 11.6 Å². The number of carbonyl (C=O) groups excluding carboxylic acids is 2. The van der Waals surface area contributed by atoms with Crippen molar-refractivity contribution in [2.45, 2.75) is 31.8 Å². The molecule has 0 aliphatic carbocycles. The van der Waals surface area contributed by atoms with Crippen LogP contribution in [0, 0.1) is 0 Å². The number of carbonyl (C=O) groups is 2. The Morgan fingerprint density at radius 1 is 0.919 bits per heavy atom. The minimum atomic E-state index is -3.59. The molecular weight excluding hydrogens is 510 g/mol. The van der Waals surface area contributed by atoms with Crippen LogP contribution in [0.15, 0.2) is 84.9 Å². The number of nitrogens with one attached hydrogen (secondary N) is 1.